The first-order valence-electron chi connectivity index (χ1n) is 9.19. The van der Waals surface area contributed by atoms with Gasteiger partial charge in [0.25, 0.3) is 11.8 Å². The van der Waals surface area contributed by atoms with Gasteiger partial charge in [-0.3, -0.25) is 4.79 Å². The molecule has 9 heteroatoms. The van der Waals surface area contributed by atoms with Gasteiger partial charge < -0.3 is 20.1 Å². The first-order chi connectivity index (χ1) is 12.9. The van der Waals surface area contributed by atoms with E-state index in [-0.39, 0.29) is 43.1 Å². The first kappa shape index (κ1) is 18.3. The van der Waals surface area contributed by atoms with Crippen molar-refractivity contribution in [3.63, 3.8) is 0 Å². The predicted molar refractivity (Wildman–Crippen MR) is 89.2 cm³/mol. The van der Waals surface area contributed by atoms with Gasteiger partial charge in [0, 0.05) is 23.9 Å². The molecule has 3 aliphatic rings. The fourth-order valence-electron chi connectivity index (χ4n) is 4.11. The van der Waals surface area contributed by atoms with Crippen LogP contribution in [0.5, 0.6) is 11.8 Å². The van der Waals surface area contributed by atoms with E-state index in [1.54, 1.807) is 0 Å². The molecule has 1 amide bonds. The molecule has 0 bridgehead atoms. The molecule has 148 valence electrons. The Hall–Kier alpha value is -2.03. The monoisotopic (exact) mass is 385 g/mol. The maximum absolute atomic E-state index is 14.4. The van der Waals surface area contributed by atoms with Crippen LogP contribution in [0.1, 0.15) is 31.2 Å². The highest BCUT2D eigenvalue weighted by Gasteiger charge is 2.72. The van der Waals surface area contributed by atoms with Crippen LogP contribution in [-0.4, -0.2) is 42.6 Å². The molecule has 0 spiro atoms. The van der Waals surface area contributed by atoms with Gasteiger partial charge in [-0.25, -0.2) is 13.2 Å². The van der Waals surface area contributed by atoms with Gasteiger partial charge in [-0.05, 0) is 38.3 Å². The summed E-state index contributed by atoms with van der Waals surface area (Å²) in [6.07, 6.45) is 1.65. The van der Waals surface area contributed by atoms with Crippen LogP contribution in [0.15, 0.2) is 6.07 Å². The molecule has 2 saturated carbocycles. The molecule has 2 N–H and O–H groups in total. The lowest BCUT2D eigenvalue weighted by atomic mass is 10.2. The zero-order chi connectivity index (χ0) is 19.2. The van der Waals surface area contributed by atoms with E-state index in [1.165, 1.54) is 13.2 Å². The molecular weight excluding hydrogens is 363 g/mol. The molecule has 0 radical (unpaired) electrons. The lowest BCUT2D eigenvalue weighted by molar-refractivity contribution is -0.122. The van der Waals surface area contributed by atoms with E-state index in [9.17, 15) is 18.0 Å². The van der Waals surface area contributed by atoms with Crippen molar-refractivity contribution in [2.45, 2.75) is 50.3 Å². The van der Waals surface area contributed by atoms with Gasteiger partial charge >= 0.3 is 0 Å². The van der Waals surface area contributed by atoms with Gasteiger partial charge in [-0.15, -0.1) is 0 Å². The van der Waals surface area contributed by atoms with E-state index in [1.807, 2.05) is 0 Å². The third-order valence-electron chi connectivity index (χ3n) is 5.68. The number of aromatic nitrogens is 1. The maximum Gasteiger partial charge on any atom is 0.254 e. The Bertz CT molecular complexity index is 726. The highest BCUT2D eigenvalue weighted by molar-refractivity contribution is 5.82. The number of amides is 1. The van der Waals surface area contributed by atoms with Crippen LogP contribution in [-0.2, 0) is 11.3 Å². The molecule has 1 aromatic heterocycles. The van der Waals surface area contributed by atoms with Gasteiger partial charge in [0.2, 0.25) is 11.8 Å². The highest BCUT2D eigenvalue weighted by atomic mass is 19.3. The molecule has 2 heterocycles. The summed E-state index contributed by atoms with van der Waals surface area (Å²) in [4.78, 5) is 16.1. The molecule has 0 aromatic carbocycles. The Morgan fingerprint density at radius 2 is 2.11 bits per heavy atom. The quantitative estimate of drug-likeness (QED) is 0.784. The number of hydrogen-bond acceptors (Lipinski definition) is 5. The summed E-state index contributed by atoms with van der Waals surface area (Å²) < 4.78 is 51.6. The SMILES string of the molecule is COc1nc(OC2CC3C(C2)C3(F)F)c(F)cc1CNC(=O)[C@@H]1CCCN1. The molecular formula is C18H22F3N3O3. The second-order valence-corrected chi connectivity index (χ2v) is 7.41. The zero-order valence-electron chi connectivity index (χ0n) is 14.9. The molecule has 6 nitrogen and oxygen atoms in total. The van der Waals surface area contributed by atoms with Crippen molar-refractivity contribution in [2.24, 2.45) is 11.8 Å². The number of alkyl halides is 2. The van der Waals surface area contributed by atoms with Crippen LogP contribution in [0.25, 0.3) is 0 Å². The average molecular weight is 385 g/mol. The van der Waals surface area contributed by atoms with Crippen molar-refractivity contribution in [2.75, 3.05) is 13.7 Å². The number of hydrogen-bond donors (Lipinski definition) is 2. The van der Waals surface area contributed by atoms with Crippen LogP contribution >= 0.6 is 0 Å². The topological polar surface area (TPSA) is 72.5 Å². The van der Waals surface area contributed by atoms with Gasteiger partial charge in [0.1, 0.15) is 6.10 Å². The molecule has 2 unspecified atom stereocenters. The number of carbonyl (C=O) groups is 1. The van der Waals surface area contributed by atoms with Crippen molar-refractivity contribution in [1.82, 2.24) is 15.6 Å². The van der Waals surface area contributed by atoms with Gasteiger partial charge in [-0.2, -0.15) is 4.98 Å². The van der Waals surface area contributed by atoms with Gasteiger partial charge in [0.15, 0.2) is 5.82 Å². The number of nitrogens with one attached hydrogen (secondary N) is 2. The molecule has 4 rings (SSSR count). The van der Waals surface area contributed by atoms with Crippen LogP contribution in [0, 0.1) is 17.7 Å². The Morgan fingerprint density at radius 3 is 2.74 bits per heavy atom. The largest absolute Gasteiger partial charge is 0.481 e. The summed E-state index contributed by atoms with van der Waals surface area (Å²) in [6.45, 7) is 0.878. The maximum atomic E-state index is 14.4. The van der Waals surface area contributed by atoms with Crippen molar-refractivity contribution in [1.29, 1.82) is 0 Å². The lowest BCUT2D eigenvalue weighted by Gasteiger charge is -2.18. The number of ether oxygens (including phenoxy) is 2. The highest BCUT2D eigenvalue weighted by Crippen LogP contribution is 2.64. The van der Waals surface area contributed by atoms with Crippen molar-refractivity contribution < 1.29 is 27.4 Å². The second-order valence-electron chi connectivity index (χ2n) is 7.41. The third kappa shape index (κ3) is 3.44. The summed E-state index contributed by atoms with van der Waals surface area (Å²) in [6, 6.07) is 0.969. The third-order valence-corrected chi connectivity index (χ3v) is 5.68. The Labute approximate surface area is 154 Å². The normalized spacial score (nSPS) is 30.7. The number of pyridine rings is 1. The van der Waals surface area contributed by atoms with Crippen LogP contribution < -0.4 is 20.1 Å². The Kier molecular flexibility index (Phi) is 4.65. The number of carbonyl (C=O) groups excluding carboxylic acids is 1. The van der Waals surface area contributed by atoms with Crippen LogP contribution in [0.4, 0.5) is 13.2 Å². The summed E-state index contributed by atoms with van der Waals surface area (Å²) in [7, 11) is 1.39. The van der Waals surface area contributed by atoms with Crippen molar-refractivity contribution >= 4 is 5.91 Å². The number of methoxy groups -OCH3 is 1. The summed E-state index contributed by atoms with van der Waals surface area (Å²) >= 11 is 0. The van der Waals surface area contributed by atoms with Crippen LogP contribution in [0.3, 0.4) is 0 Å². The molecule has 1 saturated heterocycles. The van der Waals surface area contributed by atoms with E-state index in [2.05, 4.69) is 15.6 Å². The molecule has 27 heavy (non-hydrogen) atoms. The molecule has 2 aliphatic carbocycles. The molecule has 1 aliphatic heterocycles. The van der Waals surface area contributed by atoms with Gasteiger partial charge in [0.05, 0.1) is 13.2 Å². The van der Waals surface area contributed by atoms with E-state index >= 15 is 0 Å². The molecule has 1 aromatic rings. The Morgan fingerprint density at radius 1 is 1.37 bits per heavy atom. The van der Waals surface area contributed by atoms with E-state index < -0.39 is 29.7 Å². The average Bonchev–Trinajstić information content (AvgIpc) is 3.12. The summed E-state index contributed by atoms with van der Waals surface area (Å²) in [5.74, 6) is -4.89. The fourth-order valence-corrected chi connectivity index (χ4v) is 4.11. The summed E-state index contributed by atoms with van der Waals surface area (Å²) in [5, 5.41) is 5.83. The number of fused-ring (bicyclic) bond motifs is 1. The molecule has 3 fully saturated rings. The second kappa shape index (κ2) is 6.85. The smallest absolute Gasteiger partial charge is 0.254 e. The van der Waals surface area contributed by atoms with Crippen molar-refractivity contribution in [3.05, 3.63) is 17.4 Å². The van der Waals surface area contributed by atoms with E-state index in [0.29, 0.717) is 5.56 Å². The van der Waals surface area contributed by atoms with Gasteiger partial charge in [-0.1, -0.05) is 0 Å². The van der Waals surface area contributed by atoms with Crippen LogP contribution in [0.2, 0.25) is 0 Å². The number of halogens is 3. The van der Waals surface area contributed by atoms with Crippen molar-refractivity contribution in [3.8, 4) is 11.8 Å². The Balaban J connectivity index is 1.39. The number of rotatable bonds is 6. The zero-order valence-corrected chi connectivity index (χ0v) is 14.9. The number of nitrogens with zero attached hydrogens (tertiary/aromatic N) is 1. The lowest BCUT2D eigenvalue weighted by Crippen LogP contribution is -2.40. The molecule has 3 atom stereocenters. The summed E-state index contributed by atoms with van der Waals surface area (Å²) in [5.41, 5.74) is 0.384. The van der Waals surface area contributed by atoms with E-state index in [0.717, 1.165) is 19.4 Å². The minimum absolute atomic E-state index is 0.0736. The minimum Gasteiger partial charge on any atom is -0.481 e. The first-order valence-corrected chi connectivity index (χ1v) is 9.19. The minimum atomic E-state index is -2.60. The standard InChI is InChI=1S/C18H22F3N3O3/c1-26-16-9(8-23-15(25)14-3-2-4-22-14)5-13(19)17(24-16)27-10-6-11-12(7-10)18(11,20)21/h5,10-12,14,22H,2-4,6-8H2,1H3,(H,23,25)/t10?,11?,12?,14-/m0/s1. The fraction of sp³-hybridized carbons (Fsp3) is 0.667. The predicted octanol–water partition coefficient (Wildman–Crippen LogP) is 2.02. The van der Waals surface area contributed by atoms with E-state index in [4.69, 9.17) is 9.47 Å².